The fourth-order valence-electron chi connectivity index (χ4n) is 1.36. The van der Waals surface area contributed by atoms with Gasteiger partial charge in [0.05, 0.1) is 6.54 Å². The maximum absolute atomic E-state index is 13.3. The average Bonchev–Trinajstić information content (AvgIpc) is 2.30. The third-order valence-corrected chi connectivity index (χ3v) is 2.26. The van der Waals surface area contributed by atoms with Gasteiger partial charge in [0.1, 0.15) is 11.6 Å². The van der Waals surface area contributed by atoms with E-state index >= 15 is 0 Å². The van der Waals surface area contributed by atoms with Gasteiger partial charge >= 0.3 is 0 Å². The lowest BCUT2D eigenvalue weighted by Crippen LogP contribution is -2.33. The molecule has 0 unspecified atom stereocenters. The Hall–Kier alpha value is -1.18. The summed E-state index contributed by atoms with van der Waals surface area (Å²) in [5, 5.41) is 2.79. The van der Waals surface area contributed by atoms with Crippen molar-refractivity contribution in [3.8, 4) is 0 Å². The Balaban J connectivity index is 0.00000324. The van der Waals surface area contributed by atoms with Gasteiger partial charge < -0.3 is 11.1 Å². The molecule has 0 spiro atoms. The van der Waals surface area contributed by atoms with Crippen molar-refractivity contribution in [3.05, 3.63) is 47.5 Å². The summed E-state index contributed by atoms with van der Waals surface area (Å²) >= 11 is 0. The molecule has 1 aromatic rings. The number of aliphatic imine (C=N–C) groups is 1. The highest BCUT2D eigenvalue weighted by atomic mass is 127. The smallest absolute Gasteiger partial charge is 0.188 e. The van der Waals surface area contributed by atoms with Gasteiger partial charge in [0.25, 0.3) is 0 Å². The van der Waals surface area contributed by atoms with Gasteiger partial charge in [-0.1, -0.05) is 18.2 Å². The standard InChI is InChI=1S/C13H17F2N3.HI/c1-9(2)8-18-13(16)17-7-6-10-11(14)4-3-5-12(10)15;/h3-5H,1,6-8H2,2H3,(H3,16,17,18);1H. The zero-order chi connectivity index (χ0) is 13.5. The van der Waals surface area contributed by atoms with Crippen LogP contribution in [-0.2, 0) is 6.42 Å². The van der Waals surface area contributed by atoms with Crippen LogP contribution in [0.1, 0.15) is 12.5 Å². The summed E-state index contributed by atoms with van der Waals surface area (Å²) in [7, 11) is 0. The lowest BCUT2D eigenvalue weighted by atomic mass is 10.1. The highest BCUT2D eigenvalue weighted by molar-refractivity contribution is 14.0. The molecule has 6 heteroatoms. The molecule has 19 heavy (non-hydrogen) atoms. The molecule has 0 saturated heterocycles. The van der Waals surface area contributed by atoms with Gasteiger partial charge in [0.15, 0.2) is 5.96 Å². The molecule has 0 heterocycles. The van der Waals surface area contributed by atoms with E-state index in [1.807, 2.05) is 6.92 Å². The molecule has 0 aliphatic carbocycles. The minimum Gasteiger partial charge on any atom is -0.370 e. The molecule has 3 N–H and O–H groups in total. The van der Waals surface area contributed by atoms with Gasteiger partial charge in [-0.15, -0.1) is 24.0 Å². The van der Waals surface area contributed by atoms with E-state index in [1.165, 1.54) is 18.2 Å². The van der Waals surface area contributed by atoms with Gasteiger partial charge in [-0.2, -0.15) is 0 Å². The van der Waals surface area contributed by atoms with Crippen LogP contribution in [-0.4, -0.2) is 19.0 Å². The number of rotatable bonds is 5. The fourth-order valence-corrected chi connectivity index (χ4v) is 1.36. The van der Waals surface area contributed by atoms with Crippen LogP contribution in [0.2, 0.25) is 0 Å². The van der Waals surface area contributed by atoms with Crippen molar-refractivity contribution < 1.29 is 8.78 Å². The fraction of sp³-hybridized carbons (Fsp3) is 0.308. The van der Waals surface area contributed by atoms with Gasteiger partial charge in [-0.25, -0.2) is 13.8 Å². The molecule has 106 valence electrons. The summed E-state index contributed by atoms with van der Waals surface area (Å²) in [4.78, 5) is 4.00. The quantitative estimate of drug-likeness (QED) is 0.357. The van der Waals surface area contributed by atoms with Crippen LogP contribution in [0.3, 0.4) is 0 Å². The first-order valence-electron chi connectivity index (χ1n) is 5.61. The van der Waals surface area contributed by atoms with Crippen molar-refractivity contribution in [1.82, 2.24) is 5.32 Å². The van der Waals surface area contributed by atoms with Crippen LogP contribution in [0.4, 0.5) is 8.78 Å². The second kappa shape index (κ2) is 8.84. The van der Waals surface area contributed by atoms with Gasteiger partial charge in [-0.05, 0) is 25.5 Å². The second-order valence-corrected chi connectivity index (χ2v) is 4.04. The maximum atomic E-state index is 13.3. The Morgan fingerprint density at radius 3 is 2.47 bits per heavy atom. The maximum Gasteiger partial charge on any atom is 0.188 e. The summed E-state index contributed by atoms with van der Waals surface area (Å²) in [5.74, 6) is -0.849. The first kappa shape index (κ1) is 17.8. The highest BCUT2D eigenvalue weighted by Crippen LogP contribution is 2.11. The van der Waals surface area contributed by atoms with Crippen molar-refractivity contribution in [2.24, 2.45) is 10.7 Å². The third kappa shape index (κ3) is 6.51. The van der Waals surface area contributed by atoms with Gasteiger partial charge in [0.2, 0.25) is 0 Å². The molecule has 0 atom stereocenters. The Morgan fingerprint density at radius 2 is 1.95 bits per heavy atom. The molecule has 3 nitrogen and oxygen atoms in total. The van der Waals surface area contributed by atoms with E-state index in [0.29, 0.717) is 13.1 Å². The van der Waals surface area contributed by atoms with Crippen molar-refractivity contribution in [2.45, 2.75) is 13.3 Å². The molecule has 1 aromatic carbocycles. The molecule has 0 fully saturated rings. The lowest BCUT2D eigenvalue weighted by Gasteiger charge is -2.07. The van der Waals surface area contributed by atoms with Crippen LogP contribution >= 0.6 is 24.0 Å². The number of hydrogen-bond acceptors (Lipinski definition) is 1. The molecular formula is C13H18F2IN3. The Bertz CT molecular complexity index is 441. The van der Waals surface area contributed by atoms with E-state index in [4.69, 9.17) is 5.73 Å². The van der Waals surface area contributed by atoms with Crippen LogP contribution in [0.25, 0.3) is 0 Å². The predicted octanol–water partition coefficient (Wildman–Crippen LogP) is 2.61. The van der Waals surface area contributed by atoms with E-state index in [0.717, 1.165) is 5.57 Å². The van der Waals surface area contributed by atoms with Crippen molar-refractivity contribution >= 4 is 29.9 Å². The number of halogens is 3. The second-order valence-electron chi connectivity index (χ2n) is 4.04. The molecule has 0 aliphatic heterocycles. The summed E-state index contributed by atoms with van der Waals surface area (Å²) in [6.45, 7) is 6.29. The Labute approximate surface area is 129 Å². The molecule has 0 aliphatic rings. The summed E-state index contributed by atoms with van der Waals surface area (Å²) in [5.41, 5.74) is 6.51. The summed E-state index contributed by atoms with van der Waals surface area (Å²) in [6.07, 6.45) is 0.210. The summed E-state index contributed by atoms with van der Waals surface area (Å²) < 4.78 is 26.6. The minimum absolute atomic E-state index is 0. The van der Waals surface area contributed by atoms with Gasteiger partial charge in [-0.3, -0.25) is 0 Å². The molecule has 0 amide bonds. The number of benzene rings is 1. The Morgan fingerprint density at radius 1 is 1.37 bits per heavy atom. The number of nitrogens with one attached hydrogen (secondary N) is 1. The van der Waals surface area contributed by atoms with E-state index in [-0.39, 0.29) is 41.9 Å². The molecule has 0 saturated carbocycles. The molecule has 0 bridgehead atoms. The first-order chi connectivity index (χ1) is 8.50. The van der Waals surface area contributed by atoms with E-state index in [9.17, 15) is 8.78 Å². The number of nitrogens with zero attached hydrogens (tertiary/aromatic N) is 1. The van der Waals surface area contributed by atoms with Gasteiger partial charge in [0, 0.05) is 12.1 Å². The Kier molecular flexibility index (Phi) is 8.29. The zero-order valence-electron chi connectivity index (χ0n) is 10.7. The first-order valence-corrected chi connectivity index (χ1v) is 5.61. The zero-order valence-corrected chi connectivity index (χ0v) is 13.1. The topological polar surface area (TPSA) is 50.4 Å². The van der Waals surface area contributed by atoms with Crippen LogP contribution in [0.15, 0.2) is 35.3 Å². The highest BCUT2D eigenvalue weighted by Gasteiger charge is 2.07. The van der Waals surface area contributed by atoms with E-state index in [2.05, 4.69) is 16.9 Å². The summed E-state index contributed by atoms with van der Waals surface area (Å²) in [6, 6.07) is 3.80. The van der Waals surface area contributed by atoms with Crippen molar-refractivity contribution in [1.29, 1.82) is 0 Å². The van der Waals surface area contributed by atoms with Crippen molar-refractivity contribution in [3.63, 3.8) is 0 Å². The van der Waals surface area contributed by atoms with Crippen LogP contribution in [0.5, 0.6) is 0 Å². The third-order valence-electron chi connectivity index (χ3n) is 2.26. The van der Waals surface area contributed by atoms with Crippen LogP contribution in [0, 0.1) is 11.6 Å². The van der Waals surface area contributed by atoms with Crippen molar-refractivity contribution in [2.75, 3.05) is 13.1 Å². The predicted molar refractivity (Wildman–Crippen MR) is 84.8 cm³/mol. The minimum atomic E-state index is -0.547. The molecule has 0 aromatic heterocycles. The largest absolute Gasteiger partial charge is 0.370 e. The number of hydrogen-bond donors (Lipinski definition) is 2. The normalized spacial score (nSPS) is 10.8. The number of nitrogens with two attached hydrogens (primary N) is 1. The molecular weight excluding hydrogens is 363 g/mol. The van der Waals surface area contributed by atoms with E-state index in [1.54, 1.807) is 0 Å². The molecule has 0 radical (unpaired) electrons. The van der Waals surface area contributed by atoms with Crippen LogP contribution < -0.4 is 11.1 Å². The lowest BCUT2D eigenvalue weighted by molar-refractivity contribution is 0.553. The SMILES string of the molecule is C=C(C)CN=C(N)NCCc1c(F)cccc1F.I. The monoisotopic (exact) mass is 381 g/mol. The molecule has 1 rings (SSSR count). The average molecular weight is 381 g/mol. The number of guanidine groups is 1. The van der Waals surface area contributed by atoms with E-state index < -0.39 is 11.6 Å².